The minimum atomic E-state index is -4.22. The Hall–Kier alpha value is -1.04. The number of aliphatic imine (C=N–C) groups is 1. The molecular weight excluding hydrogens is 516 g/mol. The zero-order chi connectivity index (χ0) is 18.0. The van der Waals surface area contributed by atoms with Crippen LogP contribution in [0.4, 0.5) is 13.2 Å². The second-order valence-electron chi connectivity index (χ2n) is 4.82. The molecule has 0 saturated heterocycles. The summed E-state index contributed by atoms with van der Waals surface area (Å²) in [7, 11) is 0. The predicted molar refractivity (Wildman–Crippen MR) is 107 cm³/mol. The lowest BCUT2D eigenvalue weighted by Crippen LogP contribution is -2.41. The average molecular weight is 537 g/mol. The minimum absolute atomic E-state index is 0. The van der Waals surface area contributed by atoms with Crippen molar-refractivity contribution in [3.05, 3.63) is 34.3 Å². The topological polar surface area (TPSA) is 65.5 Å². The first-order valence-corrected chi connectivity index (χ1v) is 8.24. The van der Waals surface area contributed by atoms with Gasteiger partial charge in [0, 0.05) is 29.7 Å². The zero-order valence-corrected chi connectivity index (χ0v) is 17.5. The highest BCUT2D eigenvalue weighted by Gasteiger charge is 2.26. The van der Waals surface area contributed by atoms with Gasteiger partial charge in [-0.1, -0.05) is 15.9 Å². The standard InChI is InChI=1S/C15H20BrF3N4O.HI/c1-2-20-14(22-8-7-15(17,18)19)23-10-9-21-13(24)11-3-5-12(16)6-4-11;/h3-6H,2,7-10H2,1H3,(H,21,24)(H2,20,22,23);1H. The minimum Gasteiger partial charge on any atom is -0.357 e. The van der Waals surface area contributed by atoms with E-state index in [9.17, 15) is 18.0 Å². The third-order valence-electron chi connectivity index (χ3n) is 2.82. The Morgan fingerprint density at radius 1 is 1.12 bits per heavy atom. The Bertz CT molecular complexity index is 553. The number of nitrogens with one attached hydrogen (secondary N) is 3. The van der Waals surface area contributed by atoms with Crippen LogP contribution >= 0.6 is 39.9 Å². The van der Waals surface area contributed by atoms with Crippen LogP contribution in [0.5, 0.6) is 0 Å². The Morgan fingerprint density at radius 2 is 1.72 bits per heavy atom. The maximum Gasteiger partial charge on any atom is 0.390 e. The van der Waals surface area contributed by atoms with Crippen molar-refractivity contribution < 1.29 is 18.0 Å². The summed E-state index contributed by atoms with van der Waals surface area (Å²) in [6.07, 6.45) is -5.19. The fraction of sp³-hybridized carbons (Fsp3) is 0.467. The highest BCUT2D eigenvalue weighted by molar-refractivity contribution is 14.0. The molecule has 0 aliphatic rings. The van der Waals surface area contributed by atoms with Gasteiger partial charge in [-0.3, -0.25) is 9.79 Å². The molecule has 1 aromatic rings. The van der Waals surface area contributed by atoms with Gasteiger partial charge in [0.2, 0.25) is 0 Å². The van der Waals surface area contributed by atoms with Crippen molar-refractivity contribution in [2.45, 2.75) is 19.5 Å². The van der Waals surface area contributed by atoms with Crippen LogP contribution in [0.2, 0.25) is 0 Å². The Balaban J connectivity index is 0.00000576. The predicted octanol–water partition coefficient (Wildman–Crippen LogP) is 3.30. The van der Waals surface area contributed by atoms with E-state index < -0.39 is 12.6 Å². The van der Waals surface area contributed by atoms with Gasteiger partial charge in [-0.2, -0.15) is 13.2 Å². The van der Waals surface area contributed by atoms with Gasteiger partial charge in [0.15, 0.2) is 5.96 Å². The number of carbonyl (C=O) groups excluding carboxylic acids is 1. The normalized spacial score (nSPS) is 11.5. The molecule has 1 aromatic carbocycles. The number of hydrogen-bond acceptors (Lipinski definition) is 2. The maximum atomic E-state index is 12.1. The second-order valence-corrected chi connectivity index (χ2v) is 5.73. The van der Waals surface area contributed by atoms with Crippen LogP contribution < -0.4 is 16.0 Å². The van der Waals surface area contributed by atoms with Crippen molar-refractivity contribution in [1.29, 1.82) is 0 Å². The molecular formula is C15H21BrF3IN4O. The average Bonchev–Trinajstić information content (AvgIpc) is 2.50. The number of benzene rings is 1. The number of hydrogen-bond donors (Lipinski definition) is 3. The van der Waals surface area contributed by atoms with Gasteiger partial charge < -0.3 is 16.0 Å². The van der Waals surface area contributed by atoms with Gasteiger partial charge in [-0.25, -0.2) is 0 Å². The largest absolute Gasteiger partial charge is 0.390 e. The first-order valence-electron chi connectivity index (χ1n) is 7.44. The molecule has 1 amide bonds. The number of halogens is 5. The summed E-state index contributed by atoms with van der Waals surface area (Å²) in [4.78, 5) is 15.7. The summed E-state index contributed by atoms with van der Waals surface area (Å²) >= 11 is 3.29. The fourth-order valence-corrected chi connectivity index (χ4v) is 1.96. The molecule has 0 radical (unpaired) electrons. The Kier molecular flexibility index (Phi) is 11.8. The zero-order valence-electron chi connectivity index (χ0n) is 13.6. The third-order valence-corrected chi connectivity index (χ3v) is 3.35. The van der Waals surface area contributed by atoms with Crippen LogP contribution in [0, 0.1) is 0 Å². The van der Waals surface area contributed by atoms with Crippen molar-refractivity contribution in [2.24, 2.45) is 4.99 Å². The van der Waals surface area contributed by atoms with E-state index in [1.54, 1.807) is 24.3 Å². The van der Waals surface area contributed by atoms with E-state index in [4.69, 9.17) is 0 Å². The number of guanidine groups is 1. The lowest BCUT2D eigenvalue weighted by Gasteiger charge is -2.12. The smallest absolute Gasteiger partial charge is 0.357 e. The van der Waals surface area contributed by atoms with Gasteiger partial charge in [0.05, 0.1) is 13.0 Å². The van der Waals surface area contributed by atoms with E-state index in [0.717, 1.165) is 4.47 Å². The lowest BCUT2D eigenvalue weighted by atomic mass is 10.2. The fourth-order valence-electron chi connectivity index (χ4n) is 1.70. The van der Waals surface area contributed by atoms with Crippen LogP contribution in [-0.2, 0) is 0 Å². The van der Waals surface area contributed by atoms with Crippen molar-refractivity contribution in [3.63, 3.8) is 0 Å². The van der Waals surface area contributed by atoms with Gasteiger partial charge in [-0.15, -0.1) is 24.0 Å². The maximum absolute atomic E-state index is 12.1. The number of amides is 1. The summed E-state index contributed by atoms with van der Waals surface area (Å²) in [5.41, 5.74) is 0.531. The Morgan fingerprint density at radius 3 is 2.28 bits per heavy atom. The highest BCUT2D eigenvalue weighted by Crippen LogP contribution is 2.18. The first kappa shape index (κ1) is 24.0. The van der Waals surface area contributed by atoms with E-state index in [1.165, 1.54) is 0 Å². The van der Waals surface area contributed by atoms with Crippen LogP contribution in [0.25, 0.3) is 0 Å². The van der Waals surface area contributed by atoms with Crippen LogP contribution in [-0.4, -0.2) is 44.2 Å². The van der Waals surface area contributed by atoms with Crippen LogP contribution in [0.15, 0.2) is 33.7 Å². The Labute approximate surface area is 170 Å². The molecule has 25 heavy (non-hydrogen) atoms. The molecule has 0 aliphatic carbocycles. The molecule has 0 fully saturated rings. The van der Waals surface area contributed by atoms with E-state index in [-0.39, 0.29) is 36.4 Å². The van der Waals surface area contributed by atoms with E-state index in [2.05, 4.69) is 36.9 Å². The number of alkyl halides is 3. The van der Waals surface area contributed by atoms with Gasteiger partial charge >= 0.3 is 6.18 Å². The third kappa shape index (κ3) is 11.2. The second kappa shape index (κ2) is 12.3. The molecule has 0 aliphatic heterocycles. The van der Waals surface area contributed by atoms with Crippen molar-refractivity contribution >= 4 is 51.8 Å². The monoisotopic (exact) mass is 536 g/mol. The molecule has 0 atom stereocenters. The molecule has 0 unspecified atom stereocenters. The van der Waals surface area contributed by atoms with Crippen molar-refractivity contribution in [1.82, 2.24) is 16.0 Å². The SMILES string of the molecule is CCNC(=NCCC(F)(F)F)NCCNC(=O)c1ccc(Br)cc1.I. The van der Waals surface area contributed by atoms with Gasteiger partial charge in [0.1, 0.15) is 0 Å². The van der Waals surface area contributed by atoms with E-state index in [1.807, 2.05) is 6.92 Å². The number of rotatable bonds is 7. The molecule has 0 spiro atoms. The first-order chi connectivity index (χ1) is 11.3. The number of carbonyl (C=O) groups is 1. The molecule has 0 aromatic heterocycles. The molecule has 0 saturated carbocycles. The molecule has 0 heterocycles. The molecule has 3 N–H and O–H groups in total. The molecule has 5 nitrogen and oxygen atoms in total. The quantitative estimate of drug-likeness (QED) is 0.217. The van der Waals surface area contributed by atoms with E-state index in [0.29, 0.717) is 31.2 Å². The summed E-state index contributed by atoms with van der Waals surface area (Å²) in [5.74, 6) is 0.0722. The molecule has 0 bridgehead atoms. The summed E-state index contributed by atoms with van der Waals surface area (Å²) in [5, 5.41) is 8.44. The van der Waals surface area contributed by atoms with Crippen LogP contribution in [0.3, 0.4) is 0 Å². The van der Waals surface area contributed by atoms with Crippen LogP contribution in [0.1, 0.15) is 23.7 Å². The van der Waals surface area contributed by atoms with E-state index >= 15 is 0 Å². The van der Waals surface area contributed by atoms with Crippen molar-refractivity contribution in [3.8, 4) is 0 Å². The lowest BCUT2D eigenvalue weighted by molar-refractivity contribution is -0.132. The summed E-state index contributed by atoms with van der Waals surface area (Å²) < 4.78 is 37.2. The summed E-state index contributed by atoms with van der Waals surface area (Å²) in [6.45, 7) is 2.67. The van der Waals surface area contributed by atoms with Gasteiger partial charge in [-0.05, 0) is 31.2 Å². The highest BCUT2D eigenvalue weighted by atomic mass is 127. The summed E-state index contributed by atoms with van der Waals surface area (Å²) in [6, 6.07) is 6.92. The number of nitrogens with zero attached hydrogens (tertiary/aromatic N) is 1. The molecule has 142 valence electrons. The van der Waals surface area contributed by atoms with Crippen molar-refractivity contribution in [2.75, 3.05) is 26.2 Å². The molecule has 1 rings (SSSR count). The van der Waals surface area contributed by atoms with Gasteiger partial charge in [0.25, 0.3) is 5.91 Å². The molecule has 10 heteroatoms.